The Labute approximate surface area is 211 Å². The second-order valence-electron chi connectivity index (χ2n) is 9.15. The zero-order valence-corrected chi connectivity index (χ0v) is 21.1. The van der Waals surface area contributed by atoms with Gasteiger partial charge in [0.05, 0.1) is 17.2 Å². The van der Waals surface area contributed by atoms with Crippen LogP contribution in [0.25, 0.3) is 0 Å². The number of hydrogen-bond acceptors (Lipinski definition) is 4. The zero-order valence-electron chi connectivity index (χ0n) is 20.3. The maximum atomic E-state index is 13.2. The highest BCUT2D eigenvalue weighted by molar-refractivity contribution is 6.30. The van der Waals surface area contributed by atoms with Crippen LogP contribution in [0.5, 0.6) is 0 Å². The van der Waals surface area contributed by atoms with Crippen molar-refractivity contribution in [3.8, 4) is 6.07 Å². The Morgan fingerprint density at radius 2 is 1.74 bits per heavy atom. The molecule has 0 radical (unpaired) electrons. The molecular weight excluding hydrogens is 460 g/mol. The van der Waals surface area contributed by atoms with Crippen LogP contribution in [-0.2, 0) is 16.0 Å². The summed E-state index contributed by atoms with van der Waals surface area (Å²) in [6.07, 6.45) is 0.622. The van der Waals surface area contributed by atoms with Gasteiger partial charge in [0.2, 0.25) is 0 Å². The quantitative estimate of drug-likeness (QED) is 0.395. The lowest BCUT2D eigenvalue weighted by molar-refractivity contribution is -0.138. The number of nitrogens with zero attached hydrogens (tertiary/aromatic N) is 1. The molecule has 0 aliphatic carbocycles. The Kier molecular flexibility index (Phi) is 8.32. The SMILES string of the molecule is Cc1ccccc1C(=O)OC(C)(C)C(=O)NC(C)C(Cc1ccc(Cl)cc1)c1cccc(C#N)c1. The van der Waals surface area contributed by atoms with Crippen molar-refractivity contribution in [3.05, 3.63) is 106 Å². The van der Waals surface area contributed by atoms with Crippen molar-refractivity contribution in [1.82, 2.24) is 5.32 Å². The number of carbonyl (C=O) groups is 2. The summed E-state index contributed by atoms with van der Waals surface area (Å²) in [5, 5.41) is 13.1. The third kappa shape index (κ3) is 6.71. The first-order valence-corrected chi connectivity index (χ1v) is 11.8. The van der Waals surface area contributed by atoms with E-state index in [0.29, 0.717) is 22.6 Å². The third-order valence-corrected chi connectivity index (χ3v) is 6.29. The number of nitrogens with one attached hydrogen (secondary N) is 1. The molecule has 5 nitrogen and oxygen atoms in total. The van der Waals surface area contributed by atoms with Gasteiger partial charge in [-0.15, -0.1) is 0 Å². The molecule has 0 spiro atoms. The average molecular weight is 489 g/mol. The van der Waals surface area contributed by atoms with Crippen LogP contribution in [0.2, 0.25) is 5.02 Å². The molecule has 0 aliphatic rings. The van der Waals surface area contributed by atoms with Gasteiger partial charge in [0.15, 0.2) is 5.60 Å². The lowest BCUT2D eigenvalue weighted by Crippen LogP contribution is -2.50. The Morgan fingerprint density at radius 1 is 1.06 bits per heavy atom. The van der Waals surface area contributed by atoms with E-state index >= 15 is 0 Å². The largest absolute Gasteiger partial charge is 0.446 e. The number of carbonyl (C=O) groups excluding carboxylic acids is 2. The van der Waals surface area contributed by atoms with E-state index < -0.39 is 17.5 Å². The molecule has 0 saturated heterocycles. The number of aryl methyl sites for hydroxylation is 1. The number of amides is 1. The molecular formula is C29H29ClN2O3. The Bertz CT molecular complexity index is 1250. The van der Waals surface area contributed by atoms with Crippen molar-refractivity contribution in [2.75, 3.05) is 0 Å². The van der Waals surface area contributed by atoms with E-state index in [1.54, 1.807) is 32.0 Å². The number of nitriles is 1. The summed E-state index contributed by atoms with van der Waals surface area (Å²) >= 11 is 6.05. The number of halogens is 1. The predicted molar refractivity (Wildman–Crippen MR) is 137 cm³/mol. The topological polar surface area (TPSA) is 79.2 Å². The number of esters is 1. The minimum absolute atomic E-state index is 0.128. The number of rotatable bonds is 8. The Morgan fingerprint density at radius 3 is 2.40 bits per heavy atom. The second kappa shape index (κ2) is 11.2. The molecule has 0 heterocycles. The van der Waals surface area contributed by atoms with Gasteiger partial charge in [-0.05, 0) is 81.1 Å². The van der Waals surface area contributed by atoms with E-state index in [2.05, 4.69) is 11.4 Å². The van der Waals surface area contributed by atoms with Crippen LogP contribution in [0.1, 0.15) is 59.3 Å². The predicted octanol–water partition coefficient (Wildman–Crippen LogP) is 5.99. The molecule has 1 amide bonds. The van der Waals surface area contributed by atoms with Crippen LogP contribution in [0, 0.1) is 18.3 Å². The zero-order chi connectivity index (χ0) is 25.6. The minimum atomic E-state index is -1.38. The van der Waals surface area contributed by atoms with Crippen molar-refractivity contribution in [3.63, 3.8) is 0 Å². The standard InChI is InChI=1S/C29H29ClN2O3/c1-19-8-5-6-11-25(19)27(33)35-29(3,4)28(34)32-20(2)26(17-21-12-14-24(30)15-13-21)23-10-7-9-22(16-23)18-31/h5-16,20,26H,17H2,1-4H3,(H,32,34). The smallest absolute Gasteiger partial charge is 0.339 e. The van der Waals surface area contributed by atoms with Crippen LogP contribution in [0.3, 0.4) is 0 Å². The van der Waals surface area contributed by atoms with Gasteiger partial charge < -0.3 is 10.1 Å². The molecule has 1 N–H and O–H groups in total. The van der Waals surface area contributed by atoms with Gasteiger partial charge in [0.25, 0.3) is 5.91 Å². The molecule has 180 valence electrons. The molecule has 0 aromatic heterocycles. The lowest BCUT2D eigenvalue weighted by Gasteiger charge is -2.30. The average Bonchev–Trinajstić information content (AvgIpc) is 2.83. The molecule has 2 unspecified atom stereocenters. The summed E-state index contributed by atoms with van der Waals surface area (Å²) in [7, 11) is 0. The first kappa shape index (κ1) is 26.0. The van der Waals surface area contributed by atoms with E-state index in [4.69, 9.17) is 16.3 Å². The molecule has 2 atom stereocenters. The molecule has 0 fully saturated rings. The minimum Gasteiger partial charge on any atom is -0.446 e. The number of benzene rings is 3. The highest BCUT2D eigenvalue weighted by Gasteiger charge is 2.35. The third-order valence-electron chi connectivity index (χ3n) is 6.03. The number of hydrogen-bond donors (Lipinski definition) is 1. The Balaban J connectivity index is 1.81. The maximum Gasteiger partial charge on any atom is 0.339 e. The van der Waals surface area contributed by atoms with Crippen LogP contribution in [-0.4, -0.2) is 23.5 Å². The van der Waals surface area contributed by atoms with Crippen molar-refractivity contribution in [2.45, 2.75) is 51.7 Å². The molecule has 35 heavy (non-hydrogen) atoms. The van der Waals surface area contributed by atoms with Crippen LogP contribution in [0.4, 0.5) is 0 Å². The van der Waals surface area contributed by atoms with Crippen molar-refractivity contribution in [2.24, 2.45) is 0 Å². The van der Waals surface area contributed by atoms with E-state index in [9.17, 15) is 14.9 Å². The van der Waals surface area contributed by atoms with Gasteiger partial charge in [-0.3, -0.25) is 4.79 Å². The van der Waals surface area contributed by atoms with Gasteiger partial charge in [0.1, 0.15) is 0 Å². The van der Waals surface area contributed by atoms with E-state index in [-0.39, 0.29) is 12.0 Å². The summed E-state index contributed by atoms with van der Waals surface area (Å²) in [5.74, 6) is -1.07. The Hall–Kier alpha value is -3.62. The molecule has 3 aromatic rings. The lowest BCUT2D eigenvalue weighted by atomic mass is 9.85. The molecule has 3 aromatic carbocycles. The van der Waals surface area contributed by atoms with E-state index in [1.807, 2.05) is 68.4 Å². The monoisotopic (exact) mass is 488 g/mol. The van der Waals surface area contributed by atoms with Crippen molar-refractivity contribution >= 4 is 23.5 Å². The van der Waals surface area contributed by atoms with Gasteiger partial charge in [-0.2, -0.15) is 5.26 Å². The van der Waals surface area contributed by atoms with Gasteiger partial charge in [-0.25, -0.2) is 4.79 Å². The maximum absolute atomic E-state index is 13.2. The van der Waals surface area contributed by atoms with E-state index in [1.165, 1.54) is 0 Å². The number of ether oxygens (including phenoxy) is 1. The van der Waals surface area contributed by atoms with Crippen molar-refractivity contribution < 1.29 is 14.3 Å². The molecule has 0 bridgehead atoms. The first-order chi connectivity index (χ1) is 16.6. The van der Waals surface area contributed by atoms with Gasteiger partial charge in [-0.1, -0.05) is 54.1 Å². The van der Waals surface area contributed by atoms with Gasteiger partial charge >= 0.3 is 5.97 Å². The molecule has 3 rings (SSSR count). The fourth-order valence-electron chi connectivity index (χ4n) is 3.91. The summed E-state index contributed by atoms with van der Waals surface area (Å²) in [5.41, 5.74) is 2.36. The fourth-order valence-corrected chi connectivity index (χ4v) is 4.04. The normalized spacial score (nSPS) is 12.8. The highest BCUT2D eigenvalue weighted by Crippen LogP contribution is 2.27. The molecule has 6 heteroatoms. The summed E-state index contributed by atoms with van der Waals surface area (Å²) in [4.78, 5) is 25.9. The van der Waals surface area contributed by atoms with Gasteiger partial charge in [0, 0.05) is 17.0 Å². The molecule has 0 aliphatic heterocycles. The van der Waals surface area contributed by atoms with Crippen LogP contribution >= 0.6 is 11.6 Å². The highest BCUT2D eigenvalue weighted by atomic mass is 35.5. The fraction of sp³-hybridized carbons (Fsp3) is 0.276. The summed E-state index contributed by atoms with van der Waals surface area (Å²) in [6.45, 7) is 6.89. The van der Waals surface area contributed by atoms with Crippen LogP contribution < -0.4 is 5.32 Å². The van der Waals surface area contributed by atoms with E-state index in [0.717, 1.165) is 16.7 Å². The van der Waals surface area contributed by atoms with Crippen LogP contribution in [0.15, 0.2) is 72.8 Å². The molecule has 0 saturated carbocycles. The second-order valence-corrected chi connectivity index (χ2v) is 9.59. The summed E-state index contributed by atoms with van der Waals surface area (Å²) < 4.78 is 5.61. The van der Waals surface area contributed by atoms with Crippen molar-refractivity contribution in [1.29, 1.82) is 5.26 Å². The summed E-state index contributed by atoms with van der Waals surface area (Å²) in [6, 6.07) is 23.9. The first-order valence-electron chi connectivity index (χ1n) is 11.4.